The van der Waals surface area contributed by atoms with Gasteiger partial charge < -0.3 is 10.1 Å². The van der Waals surface area contributed by atoms with Gasteiger partial charge in [0.05, 0.1) is 0 Å². The summed E-state index contributed by atoms with van der Waals surface area (Å²) < 4.78 is 0. The molecule has 90 valence electrons. The van der Waals surface area contributed by atoms with Crippen LogP contribution in [0.25, 0.3) is 0 Å². The van der Waals surface area contributed by atoms with E-state index >= 15 is 0 Å². The third-order valence-electron chi connectivity index (χ3n) is 1.79. The second kappa shape index (κ2) is 13.1. The SMILES string of the molecule is CC.CCCCC(=O)NCCCC(C)=O. The molecule has 15 heavy (non-hydrogen) atoms. The summed E-state index contributed by atoms with van der Waals surface area (Å²) in [5.74, 6) is 0.285. The Labute approximate surface area is 93.6 Å². The van der Waals surface area contributed by atoms with Crippen LogP contribution >= 0.6 is 0 Å². The van der Waals surface area contributed by atoms with Crippen molar-refractivity contribution < 1.29 is 9.59 Å². The molecular formula is C12H25NO2. The van der Waals surface area contributed by atoms with Crippen LogP contribution in [0, 0.1) is 0 Å². The maximum Gasteiger partial charge on any atom is 0.219 e. The molecule has 0 aliphatic rings. The average molecular weight is 215 g/mol. The largest absolute Gasteiger partial charge is 0.356 e. The number of rotatable bonds is 7. The lowest BCUT2D eigenvalue weighted by Gasteiger charge is -2.02. The third-order valence-corrected chi connectivity index (χ3v) is 1.79. The molecule has 3 nitrogen and oxygen atoms in total. The summed E-state index contributed by atoms with van der Waals surface area (Å²) in [5, 5.41) is 2.78. The quantitative estimate of drug-likeness (QED) is 0.664. The van der Waals surface area contributed by atoms with Crippen molar-refractivity contribution >= 4 is 11.7 Å². The minimum atomic E-state index is 0.102. The maximum absolute atomic E-state index is 11.1. The summed E-state index contributed by atoms with van der Waals surface area (Å²) in [5.41, 5.74) is 0. The number of carbonyl (C=O) groups excluding carboxylic acids is 2. The standard InChI is InChI=1S/C10H19NO2.C2H6/c1-3-4-7-10(13)11-8-5-6-9(2)12;1-2/h3-8H2,1-2H3,(H,11,13);1-2H3. The first-order valence-electron chi connectivity index (χ1n) is 5.93. The second-order valence-corrected chi connectivity index (χ2v) is 3.26. The van der Waals surface area contributed by atoms with Crippen LogP contribution in [0.1, 0.15) is 59.8 Å². The predicted octanol–water partition coefficient (Wildman–Crippen LogP) is 2.69. The molecule has 0 saturated carbocycles. The Hall–Kier alpha value is -0.860. The van der Waals surface area contributed by atoms with Crippen molar-refractivity contribution in [3.05, 3.63) is 0 Å². The van der Waals surface area contributed by atoms with Gasteiger partial charge in [-0.25, -0.2) is 0 Å². The molecule has 0 rings (SSSR count). The van der Waals surface area contributed by atoms with Crippen molar-refractivity contribution in [3.63, 3.8) is 0 Å². The summed E-state index contributed by atoms with van der Waals surface area (Å²) in [6.45, 7) is 8.25. The zero-order valence-electron chi connectivity index (χ0n) is 10.6. The van der Waals surface area contributed by atoms with Crippen molar-refractivity contribution in [2.45, 2.75) is 59.8 Å². The van der Waals surface area contributed by atoms with Gasteiger partial charge in [0.25, 0.3) is 0 Å². The Morgan fingerprint density at radius 1 is 1.07 bits per heavy atom. The van der Waals surface area contributed by atoms with Gasteiger partial charge in [-0.15, -0.1) is 0 Å². The molecule has 0 radical (unpaired) electrons. The van der Waals surface area contributed by atoms with E-state index in [0.29, 0.717) is 19.4 Å². The normalized spacial score (nSPS) is 8.80. The zero-order valence-corrected chi connectivity index (χ0v) is 10.6. The van der Waals surface area contributed by atoms with Crippen LogP contribution < -0.4 is 5.32 Å². The number of hydrogen-bond donors (Lipinski definition) is 1. The van der Waals surface area contributed by atoms with Crippen molar-refractivity contribution in [2.75, 3.05) is 6.54 Å². The summed E-state index contributed by atoms with van der Waals surface area (Å²) in [7, 11) is 0. The topological polar surface area (TPSA) is 46.2 Å². The van der Waals surface area contributed by atoms with Crippen molar-refractivity contribution in [2.24, 2.45) is 0 Å². The van der Waals surface area contributed by atoms with Crippen LogP contribution in [0.15, 0.2) is 0 Å². The Morgan fingerprint density at radius 2 is 1.67 bits per heavy atom. The molecule has 0 aromatic rings. The minimum absolute atomic E-state index is 0.102. The maximum atomic E-state index is 11.1. The molecule has 0 aromatic carbocycles. The van der Waals surface area contributed by atoms with Crippen molar-refractivity contribution in [1.82, 2.24) is 5.32 Å². The van der Waals surface area contributed by atoms with Gasteiger partial charge in [-0.1, -0.05) is 27.2 Å². The fourth-order valence-corrected chi connectivity index (χ4v) is 0.991. The molecule has 0 saturated heterocycles. The highest BCUT2D eigenvalue weighted by atomic mass is 16.1. The highest BCUT2D eigenvalue weighted by molar-refractivity contribution is 5.76. The van der Waals surface area contributed by atoms with E-state index in [1.165, 1.54) is 0 Å². The van der Waals surface area contributed by atoms with Crippen LogP contribution in [0.4, 0.5) is 0 Å². The number of ketones is 1. The van der Waals surface area contributed by atoms with Gasteiger partial charge in [-0.05, 0) is 19.8 Å². The molecule has 0 spiro atoms. The molecule has 0 aliphatic heterocycles. The van der Waals surface area contributed by atoms with Gasteiger partial charge in [0.2, 0.25) is 5.91 Å². The van der Waals surface area contributed by atoms with Crippen LogP contribution in [0.3, 0.4) is 0 Å². The number of carbonyl (C=O) groups is 2. The lowest BCUT2D eigenvalue weighted by atomic mass is 10.2. The van der Waals surface area contributed by atoms with E-state index in [9.17, 15) is 9.59 Å². The smallest absolute Gasteiger partial charge is 0.219 e. The molecule has 0 unspecified atom stereocenters. The Balaban J connectivity index is 0. The molecular weight excluding hydrogens is 190 g/mol. The van der Waals surface area contributed by atoms with E-state index in [4.69, 9.17) is 0 Å². The Morgan fingerprint density at radius 3 is 2.13 bits per heavy atom. The molecule has 0 heterocycles. The van der Waals surface area contributed by atoms with Crippen LogP contribution in [-0.2, 0) is 9.59 Å². The van der Waals surface area contributed by atoms with Gasteiger partial charge in [0.15, 0.2) is 0 Å². The Kier molecular flexibility index (Phi) is 14.5. The van der Waals surface area contributed by atoms with E-state index in [1.807, 2.05) is 13.8 Å². The molecule has 1 amide bonds. The van der Waals surface area contributed by atoms with E-state index in [1.54, 1.807) is 6.92 Å². The first-order valence-corrected chi connectivity index (χ1v) is 5.93. The van der Waals surface area contributed by atoms with Crippen molar-refractivity contribution in [3.8, 4) is 0 Å². The van der Waals surface area contributed by atoms with Gasteiger partial charge in [-0.2, -0.15) is 0 Å². The molecule has 1 N–H and O–H groups in total. The molecule has 0 aromatic heterocycles. The van der Waals surface area contributed by atoms with Gasteiger partial charge in [0.1, 0.15) is 5.78 Å². The second-order valence-electron chi connectivity index (χ2n) is 3.26. The molecule has 0 bridgehead atoms. The minimum Gasteiger partial charge on any atom is -0.356 e. The van der Waals surface area contributed by atoms with Gasteiger partial charge in [-0.3, -0.25) is 4.79 Å². The summed E-state index contributed by atoms with van der Waals surface area (Å²) in [4.78, 5) is 21.6. The molecule has 0 aliphatic carbocycles. The fraction of sp³-hybridized carbons (Fsp3) is 0.833. The molecule has 3 heteroatoms. The van der Waals surface area contributed by atoms with Crippen LogP contribution in [-0.4, -0.2) is 18.2 Å². The number of Topliss-reactive ketones (excluding diaryl/α,β-unsaturated/α-hetero) is 1. The van der Waals surface area contributed by atoms with E-state index < -0.39 is 0 Å². The average Bonchev–Trinajstić information content (AvgIpc) is 2.24. The van der Waals surface area contributed by atoms with E-state index in [2.05, 4.69) is 12.2 Å². The fourth-order valence-electron chi connectivity index (χ4n) is 0.991. The lowest BCUT2D eigenvalue weighted by Crippen LogP contribution is -2.24. The number of unbranched alkanes of at least 4 members (excludes halogenated alkanes) is 1. The number of amides is 1. The van der Waals surface area contributed by atoms with Crippen molar-refractivity contribution in [1.29, 1.82) is 0 Å². The molecule has 0 atom stereocenters. The van der Waals surface area contributed by atoms with Crippen LogP contribution in [0.5, 0.6) is 0 Å². The monoisotopic (exact) mass is 215 g/mol. The summed E-state index contributed by atoms with van der Waals surface area (Å²) in [6.07, 6.45) is 3.91. The van der Waals surface area contributed by atoms with E-state index in [0.717, 1.165) is 19.3 Å². The zero-order chi connectivity index (χ0) is 12.1. The lowest BCUT2D eigenvalue weighted by molar-refractivity contribution is -0.121. The number of nitrogens with one attached hydrogen (secondary N) is 1. The van der Waals surface area contributed by atoms with Gasteiger partial charge >= 0.3 is 0 Å². The highest BCUT2D eigenvalue weighted by Gasteiger charge is 1.99. The summed E-state index contributed by atoms with van der Waals surface area (Å²) >= 11 is 0. The first-order chi connectivity index (χ1) is 7.16. The van der Waals surface area contributed by atoms with E-state index in [-0.39, 0.29) is 11.7 Å². The first kappa shape index (κ1) is 16.6. The van der Waals surface area contributed by atoms with Crippen LogP contribution in [0.2, 0.25) is 0 Å². The third kappa shape index (κ3) is 15.9. The predicted molar refractivity (Wildman–Crippen MR) is 63.8 cm³/mol. The highest BCUT2D eigenvalue weighted by Crippen LogP contribution is 1.94. The van der Waals surface area contributed by atoms with Gasteiger partial charge in [0, 0.05) is 19.4 Å². The Bertz CT molecular complexity index is 167. The summed E-state index contributed by atoms with van der Waals surface area (Å²) in [6, 6.07) is 0. The number of hydrogen-bond acceptors (Lipinski definition) is 2. The molecule has 0 fully saturated rings.